The summed E-state index contributed by atoms with van der Waals surface area (Å²) in [5.41, 5.74) is 0.336. The van der Waals surface area contributed by atoms with Gasteiger partial charge in [0.05, 0.1) is 26.2 Å². The molecule has 7 nitrogen and oxygen atoms in total. The van der Waals surface area contributed by atoms with Gasteiger partial charge >= 0.3 is 0 Å². The van der Waals surface area contributed by atoms with E-state index in [9.17, 15) is 13.2 Å². The van der Waals surface area contributed by atoms with E-state index in [2.05, 4.69) is 0 Å². The first kappa shape index (κ1) is 18.1. The second kappa shape index (κ2) is 6.87. The second-order valence-corrected chi connectivity index (χ2v) is 6.87. The van der Waals surface area contributed by atoms with E-state index in [1.165, 1.54) is 25.2 Å². The van der Waals surface area contributed by atoms with Crippen molar-refractivity contribution in [3.05, 3.63) is 18.2 Å². The Hall–Kier alpha value is -1.96. The normalized spacial score (nSPS) is 12.5. The lowest BCUT2D eigenvalue weighted by molar-refractivity contribution is -0.129. The summed E-state index contributed by atoms with van der Waals surface area (Å²) >= 11 is 0. The number of carbonyl (C=O) groups excluding carboxylic acids is 1. The van der Waals surface area contributed by atoms with E-state index in [0.717, 1.165) is 10.6 Å². The molecule has 0 aliphatic carbocycles. The van der Waals surface area contributed by atoms with Crippen molar-refractivity contribution in [1.29, 1.82) is 0 Å². The zero-order chi connectivity index (χ0) is 17.1. The van der Waals surface area contributed by atoms with E-state index in [-0.39, 0.29) is 5.91 Å². The Balaban J connectivity index is 3.39. The molecular weight excluding hydrogens is 308 g/mol. The van der Waals surface area contributed by atoms with Gasteiger partial charge in [-0.15, -0.1) is 0 Å². The molecule has 1 aromatic rings. The van der Waals surface area contributed by atoms with E-state index >= 15 is 0 Å². The van der Waals surface area contributed by atoms with E-state index < -0.39 is 16.1 Å². The van der Waals surface area contributed by atoms with Crippen molar-refractivity contribution in [1.82, 2.24) is 4.90 Å². The number of anilines is 1. The molecule has 0 radical (unpaired) electrons. The smallest absolute Gasteiger partial charge is 0.245 e. The van der Waals surface area contributed by atoms with Crippen LogP contribution in [0, 0.1) is 0 Å². The van der Waals surface area contributed by atoms with Crippen molar-refractivity contribution in [3.8, 4) is 11.5 Å². The van der Waals surface area contributed by atoms with Gasteiger partial charge < -0.3 is 14.4 Å². The highest BCUT2D eigenvalue weighted by Crippen LogP contribution is 2.33. The lowest BCUT2D eigenvalue weighted by atomic mass is 10.2. The van der Waals surface area contributed by atoms with Crippen LogP contribution in [0.2, 0.25) is 0 Å². The van der Waals surface area contributed by atoms with Crippen LogP contribution >= 0.6 is 0 Å². The molecule has 1 atom stereocenters. The van der Waals surface area contributed by atoms with Gasteiger partial charge in [-0.2, -0.15) is 0 Å². The standard InChI is InChI=1S/C14H22N2O5S/c1-10(14(17)15(2)3)16(22(6,18)19)11-7-8-12(20-4)13(9-11)21-5/h7-10H,1-6H3/t10-/m0/s1. The number of likely N-dealkylation sites (N-methyl/N-ethyl adjacent to an activating group) is 1. The van der Waals surface area contributed by atoms with Crippen LogP contribution in [0.25, 0.3) is 0 Å². The molecule has 8 heteroatoms. The van der Waals surface area contributed by atoms with Gasteiger partial charge in [-0.05, 0) is 19.1 Å². The van der Waals surface area contributed by atoms with Gasteiger partial charge in [0, 0.05) is 20.2 Å². The van der Waals surface area contributed by atoms with Crippen LogP contribution in [0.4, 0.5) is 5.69 Å². The number of rotatable bonds is 6. The van der Waals surface area contributed by atoms with Gasteiger partial charge in [0.2, 0.25) is 15.9 Å². The quantitative estimate of drug-likeness (QED) is 0.776. The number of nitrogens with zero attached hydrogens (tertiary/aromatic N) is 2. The average molecular weight is 330 g/mol. The molecule has 0 fully saturated rings. The predicted molar refractivity (Wildman–Crippen MR) is 85.0 cm³/mol. The van der Waals surface area contributed by atoms with Gasteiger partial charge in [0.1, 0.15) is 6.04 Å². The van der Waals surface area contributed by atoms with E-state index in [1.807, 2.05) is 0 Å². The molecule has 22 heavy (non-hydrogen) atoms. The molecule has 1 aromatic carbocycles. The number of methoxy groups -OCH3 is 2. The summed E-state index contributed by atoms with van der Waals surface area (Å²) in [7, 11) is 2.45. The second-order valence-electron chi connectivity index (χ2n) is 5.01. The molecule has 0 heterocycles. The average Bonchev–Trinajstić information content (AvgIpc) is 2.44. The van der Waals surface area contributed by atoms with Gasteiger partial charge in [0.25, 0.3) is 0 Å². The van der Waals surface area contributed by atoms with Crippen molar-refractivity contribution in [2.75, 3.05) is 38.9 Å². The number of hydrogen-bond donors (Lipinski definition) is 0. The zero-order valence-corrected chi connectivity index (χ0v) is 14.5. The van der Waals surface area contributed by atoms with E-state index in [0.29, 0.717) is 17.2 Å². The predicted octanol–water partition coefficient (Wildman–Crippen LogP) is 0.947. The number of sulfonamides is 1. The molecule has 0 bridgehead atoms. The van der Waals surface area contributed by atoms with Crippen LogP contribution in [0.5, 0.6) is 11.5 Å². The molecule has 1 rings (SSSR count). The number of hydrogen-bond acceptors (Lipinski definition) is 5. The Labute approximate surface area is 131 Å². The molecule has 0 aliphatic heterocycles. The molecule has 0 aliphatic rings. The van der Waals surface area contributed by atoms with Crippen LogP contribution < -0.4 is 13.8 Å². The molecule has 0 unspecified atom stereocenters. The summed E-state index contributed by atoms with van der Waals surface area (Å²) in [5, 5.41) is 0. The third-order valence-electron chi connectivity index (χ3n) is 3.13. The van der Waals surface area contributed by atoms with Crippen molar-refractivity contribution in [2.24, 2.45) is 0 Å². The van der Waals surface area contributed by atoms with Gasteiger partial charge in [0.15, 0.2) is 11.5 Å². The maximum Gasteiger partial charge on any atom is 0.245 e. The molecule has 0 saturated carbocycles. The molecular formula is C14H22N2O5S. The van der Waals surface area contributed by atoms with Gasteiger partial charge in [-0.3, -0.25) is 9.10 Å². The number of benzene rings is 1. The lowest BCUT2D eigenvalue weighted by Crippen LogP contribution is -2.47. The Morgan fingerprint density at radius 2 is 1.68 bits per heavy atom. The van der Waals surface area contributed by atoms with Crippen molar-refractivity contribution in [3.63, 3.8) is 0 Å². The van der Waals surface area contributed by atoms with Crippen LogP contribution in [0.15, 0.2) is 18.2 Å². The number of amides is 1. The first-order valence-electron chi connectivity index (χ1n) is 6.56. The topological polar surface area (TPSA) is 76.2 Å². The zero-order valence-electron chi connectivity index (χ0n) is 13.7. The Morgan fingerprint density at radius 1 is 1.14 bits per heavy atom. The summed E-state index contributed by atoms with van der Waals surface area (Å²) in [6.07, 6.45) is 1.06. The molecule has 1 amide bonds. The summed E-state index contributed by atoms with van der Waals surface area (Å²) in [6, 6.07) is 3.82. The van der Waals surface area contributed by atoms with Crippen LogP contribution in [0.1, 0.15) is 6.92 Å². The van der Waals surface area contributed by atoms with E-state index in [4.69, 9.17) is 9.47 Å². The highest BCUT2D eigenvalue weighted by atomic mass is 32.2. The molecule has 124 valence electrons. The maximum atomic E-state index is 12.1. The van der Waals surface area contributed by atoms with Crippen LogP contribution in [0.3, 0.4) is 0 Å². The van der Waals surface area contributed by atoms with Crippen LogP contribution in [-0.4, -0.2) is 59.8 Å². The molecule has 0 aromatic heterocycles. The molecule has 0 N–H and O–H groups in total. The number of ether oxygens (including phenoxy) is 2. The van der Waals surface area contributed by atoms with E-state index in [1.54, 1.807) is 33.2 Å². The highest BCUT2D eigenvalue weighted by molar-refractivity contribution is 7.92. The monoisotopic (exact) mass is 330 g/mol. The number of carbonyl (C=O) groups is 1. The molecule has 0 saturated heterocycles. The SMILES string of the molecule is COc1ccc(N([C@@H](C)C(=O)N(C)C)S(C)(=O)=O)cc1OC. The summed E-state index contributed by atoms with van der Waals surface area (Å²) in [4.78, 5) is 13.5. The maximum absolute atomic E-state index is 12.1. The fourth-order valence-electron chi connectivity index (χ4n) is 2.14. The van der Waals surface area contributed by atoms with Crippen molar-refractivity contribution >= 4 is 21.6 Å². The minimum absolute atomic E-state index is 0.319. The Bertz CT molecular complexity index is 643. The summed E-state index contributed by atoms with van der Waals surface area (Å²) in [6.45, 7) is 1.54. The fraction of sp³-hybridized carbons (Fsp3) is 0.500. The third kappa shape index (κ3) is 3.82. The van der Waals surface area contributed by atoms with Gasteiger partial charge in [-0.25, -0.2) is 8.42 Å². The summed E-state index contributed by atoms with van der Waals surface area (Å²) in [5.74, 6) is 0.546. The largest absolute Gasteiger partial charge is 0.493 e. The first-order chi connectivity index (χ1) is 10.1. The third-order valence-corrected chi connectivity index (χ3v) is 4.37. The summed E-state index contributed by atoms with van der Waals surface area (Å²) < 4.78 is 35.7. The first-order valence-corrected chi connectivity index (χ1v) is 8.41. The Kier molecular flexibility index (Phi) is 5.65. The highest BCUT2D eigenvalue weighted by Gasteiger charge is 2.30. The lowest BCUT2D eigenvalue weighted by Gasteiger charge is -2.30. The fourth-order valence-corrected chi connectivity index (χ4v) is 3.30. The van der Waals surface area contributed by atoms with Crippen molar-refractivity contribution in [2.45, 2.75) is 13.0 Å². The minimum Gasteiger partial charge on any atom is -0.493 e. The van der Waals surface area contributed by atoms with Crippen molar-refractivity contribution < 1.29 is 22.7 Å². The minimum atomic E-state index is -3.65. The van der Waals surface area contributed by atoms with Crippen LogP contribution in [-0.2, 0) is 14.8 Å². The Morgan fingerprint density at radius 3 is 2.09 bits per heavy atom. The molecule has 0 spiro atoms. The van der Waals surface area contributed by atoms with Gasteiger partial charge in [-0.1, -0.05) is 0 Å².